The summed E-state index contributed by atoms with van der Waals surface area (Å²) in [4.78, 5) is 7.62. The van der Waals surface area contributed by atoms with Crippen LogP contribution < -0.4 is 0 Å². The minimum absolute atomic E-state index is 0.159. The number of alkyl halides is 3. The maximum atomic E-state index is 14.3. The number of rotatable bonds is 3. The highest BCUT2D eigenvalue weighted by atomic mass is 19.4. The largest absolute Gasteiger partial charge is 0.417 e. The van der Waals surface area contributed by atoms with Gasteiger partial charge >= 0.3 is 6.18 Å². The molecule has 0 unspecified atom stereocenters. The minimum atomic E-state index is -4.63. The Labute approximate surface area is 160 Å². The summed E-state index contributed by atoms with van der Waals surface area (Å²) in [5, 5.41) is 0. The van der Waals surface area contributed by atoms with Crippen molar-refractivity contribution >= 4 is 17.1 Å². The lowest BCUT2D eigenvalue weighted by Gasteiger charge is -2.17. The highest BCUT2D eigenvalue weighted by molar-refractivity contribution is 5.84. The number of imidazole rings is 1. The Balaban J connectivity index is 1.69. The van der Waals surface area contributed by atoms with Gasteiger partial charge in [-0.05, 0) is 54.7 Å². The van der Waals surface area contributed by atoms with E-state index in [0.717, 1.165) is 18.2 Å². The zero-order chi connectivity index (χ0) is 19.7. The fourth-order valence-corrected chi connectivity index (χ4v) is 3.87. The van der Waals surface area contributed by atoms with E-state index in [9.17, 15) is 17.6 Å². The van der Waals surface area contributed by atoms with Crippen molar-refractivity contribution in [2.75, 3.05) is 0 Å². The molecule has 0 bridgehead atoms. The molecule has 146 valence electrons. The molecule has 1 aliphatic rings. The van der Waals surface area contributed by atoms with Crippen molar-refractivity contribution in [3.8, 4) is 11.1 Å². The normalized spacial score (nSPS) is 16.3. The van der Waals surface area contributed by atoms with E-state index in [1.165, 1.54) is 44.2 Å². The van der Waals surface area contributed by atoms with E-state index >= 15 is 0 Å². The van der Waals surface area contributed by atoms with Gasteiger partial charge in [0, 0.05) is 5.56 Å². The SMILES string of the molecule is Fc1cccc(C(F)(F)F)c1-c1ccc2[nH]c(/C=C/C3CCCCC3)nc2c1. The Morgan fingerprint density at radius 2 is 1.82 bits per heavy atom. The van der Waals surface area contributed by atoms with Gasteiger partial charge in [0.2, 0.25) is 0 Å². The number of aromatic nitrogens is 2. The van der Waals surface area contributed by atoms with Crippen LogP contribution in [0, 0.1) is 11.7 Å². The molecule has 1 aromatic heterocycles. The number of halogens is 4. The quantitative estimate of drug-likeness (QED) is 0.482. The van der Waals surface area contributed by atoms with E-state index in [1.54, 1.807) is 6.07 Å². The van der Waals surface area contributed by atoms with E-state index in [2.05, 4.69) is 16.0 Å². The number of allylic oxidation sites excluding steroid dienone is 1. The summed E-state index contributed by atoms with van der Waals surface area (Å²) in [7, 11) is 0. The number of aromatic amines is 1. The fraction of sp³-hybridized carbons (Fsp3) is 0.318. The van der Waals surface area contributed by atoms with Crippen LogP contribution in [0.2, 0.25) is 0 Å². The Morgan fingerprint density at radius 3 is 2.57 bits per heavy atom. The number of H-pyrrole nitrogens is 1. The summed E-state index contributed by atoms with van der Waals surface area (Å²) >= 11 is 0. The predicted molar refractivity (Wildman–Crippen MR) is 102 cm³/mol. The lowest BCUT2D eigenvalue weighted by Crippen LogP contribution is -2.08. The molecule has 0 aliphatic heterocycles. The van der Waals surface area contributed by atoms with Gasteiger partial charge in [0.05, 0.1) is 16.6 Å². The van der Waals surface area contributed by atoms with Crippen molar-refractivity contribution in [3.63, 3.8) is 0 Å². The summed E-state index contributed by atoms with van der Waals surface area (Å²) in [6.07, 6.45) is 5.56. The van der Waals surface area contributed by atoms with Crippen LogP contribution >= 0.6 is 0 Å². The first-order valence-corrected chi connectivity index (χ1v) is 9.46. The first-order valence-electron chi connectivity index (χ1n) is 9.46. The fourth-order valence-electron chi connectivity index (χ4n) is 3.87. The Kier molecular flexibility index (Phi) is 4.96. The Bertz CT molecular complexity index is 1010. The number of hydrogen-bond donors (Lipinski definition) is 1. The number of nitrogens with one attached hydrogen (secondary N) is 1. The number of benzene rings is 2. The van der Waals surface area contributed by atoms with Crippen molar-refractivity contribution in [3.05, 3.63) is 59.7 Å². The maximum absolute atomic E-state index is 14.3. The molecule has 1 heterocycles. The third-order valence-corrected chi connectivity index (χ3v) is 5.29. The van der Waals surface area contributed by atoms with Gasteiger partial charge in [-0.15, -0.1) is 0 Å². The maximum Gasteiger partial charge on any atom is 0.417 e. The number of nitrogens with zero attached hydrogens (tertiary/aromatic N) is 1. The first-order chi connectivity index (χ1) is 13.4. The van der Waals surface area contributed by atoms with Crippen LogP contribution in [0.15, 0.2) is 42.5 Å². The molecule has 1 aliphatic carbocycles. The van der Waals surface area contributed by atoms with E-state index in [0.29, 0.717) is 22.8 Å². The second-order valence-electron chi connectivity index (χ2n) is 7.27. The van der Waals surface area contributed by atoms with Crippen molar-refractivity contribution < 1.29 is 17.6 Å². The lowest BCUT2D eigenvalue weighted by atomic mass is 9.89. The summed E-state index contributed by atoms with van der Waals surface area (Å²) in [5.41, 5.74) is -0.0552. The minimum Gasteiger partial charge on any atom is -0.338 e. The molecule has 0 saturated heterocycles. The third-order valence-electron chi connectivity index (χ3n) is 5.29. The Morgan fingerprint density at radius 1 is 1.04 bits per heavy atom. The van der Waals surface area contributed by atoms with E-state index < -0.39 is 23.1 Å². The molecule has 6 heteroatoms. The first kappa shape index (κ1) is 18.7. The van der Waals surface area contributed by atoms with Gasteiger partial charge in [0.1, 0.15) is 11.6 Å². The summed E-state index contributed by atoms with van der Waals surface area (Å²) < 4.78 is 54.2. The van der Waals surface area contributed by atoms with E-state index in [-0.39, 0.29) is 5.56 Å². The monoisotopic (exact) mass is 388 g/mol. The molecule has 0 spiro atoms. The van der Waals surface area contributed by atoms with Crippen molar-refractivity contribution in [2.45, 2.75) is 38.3 Å². The topological polar surface area (TPSA) is 28.7 Å². The van der Waals surface area contributed by atoms with Crippen molar-refractivity contribution in [2.24, 2.45) is 5.92 Å². The van der Waals surface area contributed by atoms with Crippen LogP contribution in [0.3, 0.4) is 0 Å². The highest BCUT2D eigenvalue weighted by Gasteiger charge is 2.35. The van der Waals surface area contributed by atoms with E-state index in [4.69, 9.17) is 0 Å². The molecule has 0 radical (unpaired) electrons. The van der Waals surface area contributed by atoms with Gasteiger partial charge in [0.15, 0.2) is 0 Å². The molecular formula is C22H20F4N2. The molecule has 0 amide bonds. The van der Waals surface area contributed by atoms with Gasteiger partial charge in [-0.2, -0.15) is 13.2 Å². The molecular weight excluding hydrogens is 368 g/mol. The van der Waals surface area contributed by atoms with Gasteiger partial charge in [-0.1, -0.05) is 37.5 Å². The third kappa shape index (κ3) is 3.81. The van der Waals surface area contributed by atoms with Crippen LogP contribution in [-0.4, -0.2) is 9.97 Å². The average Bonchev–Trinajstić information content (AvgIpc) is 3.08. The molecule has 1 N–H and O–H groups in total. The van der Waals surface area contributed by atoms with Crippen LogP contribution in [0.5, 0.6) is 0 Å². The van der Waals surface area contributed by atoms with Crippen LogP contribution in [0.4, 0.5) is 17.6 Å². The standard InChI is InChI=1S/C22H20F4N2/c23-17-8-4-7-16(22(24,25)26)21(17)15-10-11-18-19(13-15)28-20(27-18)12-9-14-5-2-1-3-6-14/h4,7-14H,1-3,5-6H2,(H,27,28)/b12-9+. The molecule has 0 atom stereocenters. The van der Waals surface area contributed by atoms with Gasteiger partial charge in [-0.3, -0.25) is 0 Å². The molecule has 4 rings (SSSR count). The van der Waals surface area contributed by atoms with Crippen molar-refractivity contribution in [1.82, 2.24) is 9.97 Å². The zero-order valence-electron chi connectivity index (χ0n) is 15.2. The zero-order valence-corrected chi connectivity index (χ0v) is 15.2. The van der Waals surface area contributed by atoms with Crippen LogP contribution in [0.1, 0.15) is 43.5 Å². The van der Waals surface area contributed by atoms with Gasteiger partial charge < -0.3 is 4.98 Å². The van der Waals surface area contributed by atoms with Crippen LogP contribution in [-0.2, 0) is 6.18 Å². The van der Waals surface area contributed by atoms with Gasteiger partial charge in [-0.25, -0.2) is 9.37 Å². The summed E-state index contributed by atoms with van der Waals surface area (Å²) in [6, 6.07) is 7.63. The summed E-state index contributed by atoms with van der Waals surface area (Å²) in [5.74, 6) is 0.301. The summed E-state index contributed by atoms with van der Waals surface area (Å²) in [6.45, 7) is 0. The molecule has 1 fully saturated rings. The van der Waals surface area contributed by atoms with Gasteiger partial charge in [0.25, 0.3) is 0 Å². The molecule has 3 aromatic rings. The molecule has 1 saturated carbocycles. The predicted octanol–water partition coefficient (Wildman–Crippen LogP) is 6.98. The van der Waals surface area contributed by atoms with Crippen LogP contribution in [0.25, 0.3) is 28.2 Å². The lowest BCUT2D eigenvalue weighted by molar-refractivity contribution is -0.137. The van der Waals surface area contributed by atoms with Crippen molar-refractivity contribution in [1.29, 1.82) is 0 Å². The average molecular weight is 388 g/mol. The molecule has 2 nitrogen and oxygen atoms in total. The number of fused-ring (bicyclic) bond motifs is 1. The van der Waals surface area contributed by atoms with E-state index in [1.807, 2.05) is 6.08 Å². The smallest absolute Gasteiger partial charge is 0.338 e. The second-order valence-corrected chi connectivity index (χ2v) is 7.27. The number of hydrogen-bond acceptors (Lipinski definition) is 1. The molecule has 2 aromatic carbocycles. The molecule has 28 heavy (non-hydrogen) atoms. The highest BCUT2D eigenvalue weighted by Crippen LogP contribution is 2.39. The Hall–Kier alpha value is -2.63. The second kappa shape index (κ2) is 7.41.